The highest BCUT2D eigenvalue weighted by atomic mass is 32.5. The molecular formula is C38H65B3N8O24P3S3-3. The Morgan fingerprint density at radius 3 is 1.66 bits per heavy atom. The minimum absolute atomic E-state index is 0.0390. The van der Waals surface area contributed by atoms with Gasteiger partial charge in [0.1, 0.15) is 130 Å². The molecule has 27 atom stereocenters. The number of nitrogens with two attached hydrogens (primary N) is 4. The van der Waals surface area contributed by atoms with Crippen molar-refractivity contribution >= 4 is 97.2 Å². The average Bonchev–Trinajstić information content (AvgIpc) is 4.09. The van der Waals surface area contributed by atoms with Crippen LogP contribution in [0.5, 0.6) is 0 Å². The van der Waals surface area contributed by atoms with Gasteiger partial charge < -0.3 is 144 Å². The van der Waals surface area contributed by atoms with Crippen LogP contribution in [0.15, 0.2) is 15.0 Å². The molecule has 6 aliphatic rings. The highest BCUT2D eigenvalue weighted by molar-refractivity contribution is 8.07. The van der Waals surface area contributed by atoms with E-state index in [2.05, 4.69) is 20.3 Å². The maximum absolute atomic E-state index is 13.6. The number of hydrogen-bond acceptors (Lipinski definition) is 31. The molecule has 0 aromatic heterocycles. The van der Waals surface area contributed by atoms with Crippen molar-refractivity contribution in [3.8, 4) is 0 Å². The van der Waals surface area contributed by atoms with Crippen molar-refractivity contribution in [2.24, 2.45) is 37.9 Å². The maximum Gasteiger partial charge on any atom is 0.188 e. The third-order valence-corrected chi connectivity index (χ3v) is 18.2. The van der Waals surface area contributed by atoms with E-state index < -0.39 is 205 Å². The second kappa shape index (κ2) is 28.7. The van der Waals surface area contributed by atoms with Gasteiger partial charge in [-0.2, -0.15) is 0 Å². The molecule has 0 amide bonds. The van der Waals surface area contributed by atoms with Crippen LogP contribution in [0.4, 0.5) is 0 Å². The molecule has 0 bridgehead atoms. The Bertz CT molecular complexity index is 2260. The van der Waals surface area contributed by atoms with E-state index in [9.17, 15) is 50.4 Å². The molecule has 79 heavy (non-hydrogen) atoms. The summed E-state index contributed by atoms with van der Waals surface area (Å²) in [6.45, 7) is -13.9. The number of aliphatic hydroxyl groups excluding tert-OH is 6. The van der Waals surface area contributed by atoms with Crippen LogP contribution in [0.2, 0.25) is 0 Å². The van der Waals surface area contributed by atoms with Crippen molar-refractivity contribution < 1.29 is 115 Å². The van der Waals surface area contributed by atoms with E-state index in [0.717, 1.165) is 13.3 Å². The van der Waals surface area contributed by atoms with Crippen molar-refractivity contribution in [3.05, 3.63) is 0 Å². The fourth-order valence-electron chi connectivity index (χ4n) is 9.45. The Balaban J connectivity index is 1.09. The smallest absolute Gasteiger partial charge is 0.188 e. The molecule has 5 saturated heterocycles. The molecule has 6 fully saturated rings. The highest BCUT2D eigenvalue weighted by Gasteiger charge is 2.60. The van der Waals surface area contributed by atoms with Crippen molar-refractivity contribution in [2.75, 3.05) is 47.3 Å². The van der Waals surface area contributed by atoms with Crippen LogP contribution in [-0.4, -0.2) is 271 Å². The van der Waals surface area contributed by atoms with Gasteiger partial charge in [0.15, 0.2) is 30.1 Å². The van der Waals surface area contributed by atoms with Crippen LogP contribution < -0.4 is 42.9 Å². The molecule has 27 unspecified atom stereocenters. The molecule has 41 heteroatoms. The van der Waals surface area contributed by atoms with Gasteiger partial charge in [0.05, 0.1) is 56.9 Å². The third-order valence-electron chi connectivity index (χ3n) is 13.4. The van der Waals surface area contributed by atoms with E-state index in [1.165, 1.54) is 14.0 Å². The van der Waals surface area contributed by atoms with Crippen LogP contribution >= 0.6 is 20.2 Å². The monoisotopic (exact) mass is 1240 g/mol. The summed E-state index contributed by atoms with van der Waals surface area (Å²) in [6.07, 6.45) is -23.8. The lowest BCUT2D eigenvalue weighted by molar-refractivity contribution is -0.313. The predicted octanol–water partition coefficient (Wildman–Crippen LogP) is -9.88. The number of aliphatic imine (C=N–C) groups is 3. The zero-order valence-electron chi connectivity index (χ0n) is 42.5. The summed E-state index contributed by atoms with van der Waals surface area (Å²) < 4.78 is 79.0. The van der Waals surface area contributed by atoms with E-state index in [1.54, 1.807) is 0 Å². The molecule has 0 aromatic rings. The molecular weight excluding hydrogens is 1170 g/mol. The van der Waals surface area contributed by atoms with E-state index >= 15 is 0 Å². The van der Waals surface area contributed by atoms with Crippen molar-refractivity contribution in [1.29, 1.82) is 0 Å². The van der Waals surface area contributed by atoms with Crippen molar-refractivity contribution in [3.63, 3.8) is 0 Å². The molecule has 1 saturated carbocycles. The van der Waals surface area contributed by atoms with Crippen LogP contribution in [0, 0.1) is 0 Å². The lowest BCUT2D eigenvalue weighted by atomic mass is 9.81. The molecule has 6 rings (SSSR count). The first-order valence-electron chi connectivity index (χ1n) is 24.3. The number of hydrogen-bond donors (Lipinski definition) is 12. The molecule has 32 nitrogen and oxygen atoms in total. The zero-order chi connectivity index (χ0) is 58.5. The van der Waals surface area contributed by atoms with Gasteiger partial charge in [-0.15, -0.1) is 0 Å². The molecule has 6 radical (unpaired) electrons. The Labute approximate surface area is 473 Å². The second-order valence-electron chi connectivity index (χ2n) is 19.0. The largest absolute Gasteiger partial charge is 0.780 e. The van der Waals surface area contributed by atoms with Crippen LogP contribution in [0.1, 0.15) is 26.2 Å². The Hall–Kier alpha value is -0.645. The average molecular weight is 1240 g/mol. The van der Waals surface area contributed by atoms with Crippen LogP contribution in [0.25, 0.3) is 0 Å². The molecule has 446 valence electrons. The zero-order valence-corrected chi connectivity index (χ0v) is 47.7. The quantitative estimate of drug-likeness (QED) is 0.0126. The van der Waals surface area contributed by atoms with Crippen LogP contribution in [-0.2, 0) is 100 Å². The van der Waals surface area contributed by atoms with Gasteiger partial charge in [0.2, 0.25) is 0 Å². The summed E-state index contributed by atoms with van der Waals surface area (Å²) in [5.74, 6) is -1.14. The summed E-state index contributed by atoms with van der Waals surface area (Å²) >= 11 is 15.1. The summed E-state index contributed by atoms with van der Waals surface area (Å²) in [5.41, 5.74) is 20.0. The second-order valence-corrected chi connectivity index (χ2v) is 27.2. The topological polar surface area (TPSA) is 493 Å². The number of rotatable bonds is 26. The third kappa shape index (κ3) is 17.5. The fraction of sp³-hybridized carbons (Fsp3) is 0.921. The molecule has 5 aliphatic heterocycles. The minimum atomic E-state index is -4.42. The van der Waals surface area contributed by atoms with E-state index in [0.29, 0.717) is 0 Å². The minimum Gasteiger partial charge on any atom is -0.780 e. The molecule has 16 N–H and O–H groups in total. The highest BCUT2D eigenvalue weighted by Crippen LogP contribution is 2.49. The van der Waals surface area contributed by atoms with Gasteiger partial charge in [-0.3, -0.25) is 4.99 Å². The van der Waals surface area contributed by atoms with E-state index in [-0.39, 0.29) is 25.9 Å². The van der Waals surface area contributed by atoms with Gasteiger partial charge in [0.25, 0.3) is 0 Å². The Morgan fingerprint density at radius 2 is 1.18 bits per heavy atom. The number of guanidine groups is 2. The summed E-state index contributed by atoms with van der Waals surface area (Å²) in [7, 11) is 20.4. The first kappa shape index (κ1) is 67.5. The summed E-state index contributed by atoms with van der Waals surface area (Å²) in [4.78, 5) is 51.2. The number of aliphatic hydroxyl groups is 7. The Morgan fingerprint density at radius 1 is 0.684 bits per heavy atom. The molecule has 5 heterocycles. The number of nitrogens with zero attached hydrogens (tertiary/aromatic N) is 3. The lowest BCUT2D eigenvalue weighted by Crippen LogP contribution is -2.66. The molecule has 0 spiro atoms. The molecule has 0 aromatic carbocycles. The fourth-order valence-corrected chi connectivity index (χ4v) is 13.3. The van der Waals surface area contributed by atoms with Crippen molar-refractivity contribution in [1.82, 2.24) is 5.32 Å². The van der Waals surface area contributed by atoms with Gasteiger partial charge in [0, 0.05) is 31.3 Å². The number of nitrogens with one attached hydrogen (secondary N) is 1. The standard InChI is InChI=1S/C38H68B3N8O24P3S3/c1-13-38(56,33(70-34-26(46-2)30(54)27(51)17(7-50)68-34)35(64-13)69-32-25(49-37(44)45)28(52)24(48-36(42)43)29(53)31(32)55)11-47-12-61-8-18-14(4-21(39)65-18)72-75(58,78)63-10-20-16(6-23(41)67-20)73-76(59,79)62-9-19-15(5-22(40)66-19)71-74(57,77)60-3/h11,13-35,46,50-56H,4-10,12H2,1-3H3,(H,57,77)(H,58,78)(H,59,79)(H4,42,43,48)(H4,44,45,49)/p-3. The Kier molecular flexibility index (Phi) is 24.5. The van der Waals surface area contributed by atoms with Gasteiger partial charge in [-0.05, 0) is 33.2 Å². The van der Waals surface area contributed by atoms with Crippen LogP contribution in [0.3, 0.4) is 0 Å². The number of ether oxygens (including phenoxy) is 8. The van der Waals surface area contributed by atoms with E-state index in [4.69, 9.17) is 147 Å². The van der Waals surface area contributed by atoms with Gasteiger partial charge >= 0.3 is 0 Å². The first-order valence-corrected chi connectivity index (χ1v) is 31.9. The lowest BCUT2D eigenvalue weighted by Gasteiger charge is -2.45. The normalized spacial score (nSPS) is 44.0. The van der Waals surface area contributed by atoms with Gasteiger partial charge in [-0.25, -0.2) is 9.98 Å². The number of likely N-dealkylation sites (N-methyl/N-ethyl adjacent to an activating group) is 1. The van der Waals surface area contributed by atoms with E-state index in [1.807, 2.05) is 0 Å². The molecule has 1 aliphatic carbocycles. The summed E-state index contributed by atoms with van der Waals surface area (Å²) in [5, 5.41) is 80.4. The summed E-state index contributed by atoms with van der Waals surface area (Å²) in [6, 6.07) is -7.14. The predicted molar refractivity (Wildman–Crippen MR) is 280 cm³/mol. The first-order chi connectivity index (χ1) is 36.9. The van der Waals surface area contributed by atoms with Gasteiger partial charge in [-0.1, -0.05) is 35.4 Å². The maximum atomic E-state index is 13.6. The van der Waals surface area contributed by atoms with Crippen molar-refractivity contribution in [2.45, 2.75) is 172 Å². The SMILES string of the molecule is [B]C1CC(OP([O-])(=S)OC)C(COP([O-])(=S)OC2CC([B])OC2COP([O-])(=S)OC2CC([B])OC2COCN=CC2(O)C(C)OC(OC3C(O)C(O)C(N=C(N)N)C(O)C3N=C(N)N)C2OC2OC(CO)C(O)C(O)C2NC)O1.